The van der Waals surface area contributed by atoms with E-state index in [1.165, 1.54) is 12.0 Å². The molecule has 0 radical (unpaired) electrons. The number of carbonyl (C=O) groups excluding carboxylic acids is 1. The SMILES string of the molecule is COc1cc(NC(C(=O)N2CCc3cc(F)c(C(C)(F)F)cc32)c2ccc(Cl)cc2)cc(OCCO)c1. The number of nitrogens with one attached hydrogen (secondary N) is 1. The Kier molecular flexibility index (Phi) is 7.85. The number of ether oxygens (including phenoxy) is 2. The molecule has 6 nitrogen and oxygen atoms in total. The van der Waals surface area contributed by atoms with Crippen molar-refractivity contribution in [3.8, 4) is 11.5 Å². The van der Waals surface area contributed by atoms with Crippen LogP contribution in [0.5, 0.6) is 11.5 Å². The van der Waals surface area contributed by atoms with Crippen molar-refractivity contribution in [3.05, 3.63) is 82.1 Å². The second-order valence-corrected chi connectivity index (χ2v) is 9.12. The number of hydrogen-bond donors (Lipinski definition) is 2. The monoisotopic (exact) mass is 534 g/mol. The standard InChI is InChI=1S/C27H26ClF3N2O4/c1-27(30,31)22-15-24-17(11-23(22)29)7-8-33(24)26(35)25(16-3-5-18(28)6-4-16)32-19-12-20(36-2)14-21(13-19)37-10-9-34/h3-6,11-15,25,32,34H,7-10H2,1-2H3. The Hall–Kier alpha value is -3.43. The summed E-state index contributed by atoms with van der Waals surface area (Å²) in [4.78, 5) is 15.3. The third-order valence-electron chi connectivity index (χ3n) is 6.04. The number of aliphatic hydroxyl groups is 1. The van der Waals surface area contributed by atoms with Gasteiger partial charge in [0.25, 0.3) is 11.8 Å². The number of methoxy groups -OCH3 is 1. The minimum atomic E-state index is -3.41. The average molecular weight is 535 g/mol. The van der Waals surface area contributed by atoms with Crippen molar-refractivity contribution >= 4 is 28.9 Å². The first-order valence-corrected chi connectivity index (χ1v) is 12.0. The number of hydrogen-bond acceptors (Lipinski definition) is 5. The number of benzene rings is 3. The van der Waals surface area contributed by atoms with Crippen molar-refractivity contribution in [2.24, 2.45) is 0 Å². The van der Waals surface area contributed by atoms with E-state index in [1.54, 1.807) is 42.5 Å². The van der Waals surface area contributed by atoms with Gasteiger partial charge < -0.3 is 24.8 Å². The van der Waals surface area contributed by atoms with Crippen LogP contribution >= 0.6 is 11.6 Å². The van der Waals surface area contributed by atoms with Crippen molar-refractivity contribution < 1.29 is 32.5 Å². The summed E-state index contributed by atoms with van der Waals surface area (Å²) in [5.41, 5.74) is 1.03. The molecule has 4 rings (SSSR count). The van der Waals surface area contributed by atoms with E-state index in [1.807, 2.05) is 0 Å². The molecule has 0 aliphatic carbocycles. The van der Waals surface area contributed by atoms with Gasteiger partial charge in [-0.15, -0.1) is 0 Å². The Balaban J connectivity index is 1.73. The number of amides is 1. The Morgan fingerprint density at radius 1 is 1.16 bits per heavy atom. The topological polar surface area (TPSA) is 71.0 Å². The van der Waals surface area contributed by atoms with Gasteiger partial charge in [0, 0.05) is 48.1 Å². The predicted octanol–water partition coefficient (Wildman–Crippen LogP) is 5.71. The molecule has 3 aromatic carbocycles. The molecule has 196 valence electrons. The molecule has 1 heterocycles. The fourth-order valence-electron chi connectivity index (χ4n) is 4.26. The van der Waals surface area contributed by atoms with E-state index in [4.69, 9.17) is 26.2 Å². The van der Waals surface area contributed by atoms with Crippen LogP contribution in [0.25, 0.3) is 0 Å². The van der Waals surface area contributed by atoms with Gasteiger partial charge in [-0.1, -0.05) is 23.7 Å². The summed E-state index contributed by atoms with van der Waals surface area (Å²) >= 11 is 6.06. The number of nitrogens with zero attached hydrogens (tertiary/aromatic N) is 1. The maximum absolute atomic E-state index is 14.4. The van der Waals surface area contributed by atoms with Crippen LogP contribution in [-0.4, -0.2) is 37.9 Å². The molecule has 0 aromatic heterocycles. The Morgan fingerprint density at radius 3 is 2.51 bits per heavy atom. The number of aliphatic hydroxyl groups excluding tert-OH is 1. The van der Waals surface area contributed by atoms with Crippen LogP contribution in [0.3, 0.4) is 0 Å². The van der Waals surface area contributed by atoms with Crippen LogP contribution in [-0.2, 0) is 17.1 Å². The van der Waals surface area contributed by atoms with Crippen LogP contribution in [0.4, 0.5) is 24.5 Å². The van der Waals surface area contributed by atoms with E-state index < -0.39 is 29.3 Å². The molecular weight excluding hydrogens is 509 g/mol. The smallest absolute Gasteiger partial charge is 0.273 e. The fourth-order valence-corrected chi connectivity index (χ4v) is 4.38. The van der Waals surface area contributed by atoms with Gasteiger partial charge in [-0.05, 0) is 41.8 Å². The number of halogens is 4. The summed E-state index contributed by atoms with van der Waals surface area (Å²) in [6, 6.07) is 12.8. The largest absolute Gasteiger partial charge is 0.497 e. The van der Waals surface area contributed by atoms with Crippen LogP contribution < -0.4 is 19.7 Å². The zero-order valence-electron chi connectivity index (χ0n) is 20.2. The summed E-state index contributed by atoms with van der Waals surface area (Å²) in [5, 5.41) is 12.8. The van der Waals surface area contributed by atoms with Crippen molar-refractivity contribution in [2.75, 3.05) is 37.1 Å². The van der Waals surface area contributed by atoms with Gasteiger partial charge in [-0.2, -0.15) is 0 Å². The normalized spacial score (nSPS) is 13.8. The molecule has 1 amide bonds. The minimum absolute atomic E-state index is 0.0671. The fraction of sp³-hybridized carbons (Fsp3) is 0.296. The maximum atomic E-state index is 14.4. The number of carbonyl (C=O) groups is 1. The quantitative estimate of drug-likeness (QED) is 0.368. The van der Waals surface area contributed by atoms with Crippen LogP contribution in [0.15, 0.2) is 54.6 Å². The molecule has 0 fully saturated rings. The van der Waals surface area contributed by atoms with Gasteiger partial charge in [0.1, 0.15) is 30.0 Å². The molecule has 1 aliphatic rings. The van der Waals surface area contributed by atoms with Crippen LogP contribution in [0, 0.1) is 5.82 Å². The van der Waals surface area contributed by atoms with E-state index >= 15 is 0 Å². The van der Waals surface area contributed by atoms with Crippen LogP contribution in [0.1, 0.15) is 29.7 Å². The molecular formula is C27H26ClF3N2O4. The second kappa shape index (κ2) is 10.9. The Bertz CT molecular complexity index is 1280. The van der Waals surface area contributed by atoms with Gasteiger partial charge >= 0.3 is 0 Å². The molecule has 10 heteroatoms. The molecule has 37 heavy (non-hydrogen) atoms. The lowest BCUT2D eigenvalue weighted by Gasteiger charge is -2.27. The first kappa shape index (κ1) is 26.6. The van der Waals surface area contributed by atoms with Gasteiger partial charge in [0.05, 0.1) is 19.3 Å². The molecule has 2 N–H and O–H groups in total. The second-order valence-electron chi connectivity index (χ2n) is 8.69. The molecule has 0 saturated heterocycles. The Labute approximate surface area is 217 Å². The number of alkyl halides is 2. The first-order valence-electron chi connectivity index (χ1n) is 11.6. The summed E-state index contributed by atoms with van der Waals surface area (Å²) in [6.07, 6.45) is 0.333. The molecule has 1 aliphatic heterocycles. The van der Waals surface area contributed by atoms with E-state index in [9.17, 15) is 18.0 Å². The average Bonchev–Trinajstić information content (AvgIpc) is 3.27. The third-order valence-corrected chi connectivity index (χ3v) is 6.29. The molecule has 0 spiro atoms. The zero-order valence-corrected chi connectivity index (χ0v) is 21.0. The number of anilines is 2. The highest BCUT2D eigenvalue weighted by molar-refractivity contribution is 6.30. The molecule has 1 atom stereocenters. The first-order chi connectivity index (χ1) is 17.6. The number of rotatable bonds is 9. The number of fused-ring (bicyclic) bond motifs is 1. The van der Waals surface area contributed by atoms with Crippen LogP contribution in [0.2, 0.25) is 5.02 Å². The highest BCUT2D eigenvalue weighted by Gasteiger charge is 2.36. The van der Waals surface area contributed by atoms with Crippen molar-refractivity contribution in [1.82, 2.24) is 0 Å². The summed E-state index contributed by atoms with van der Waals surface area (Å²) in [7, 11) is 1.48. The van der Waals surface area contributed by atoms with E-state index in [0.29, 0.717) is 46.7 Å². The highest BCUT2D eigenvalue weighted by Crippen LogP contribution is 2.39. The summed E-state index contributed by atoms with van der Waals surface area (Å²) < 4.78 is 53.3. The molecule has 0 saturated carbocycles. The van der Waals surface area contributed by atoms with Crippen molar-refractivity contribution in [2.45, 2.75) is 25.3 Å². The molecule has 0 bridgehead atoms. The highest BCUT2D eigenvalue weighted by atomic mass is 35.5. The maximum Gasteiger partial charge on any atom is 0.273 e. The van der Waals surface area contributed by atoms with Crippen molar-refractivity contribution in [1.29, 1.82) is 0 Å². The van der Waals surface area contributed by atoms with E-state index in [-0.39, 0.29) is 25.4 Å². The van der Waals surface area contributed by atoms with Gasteiger partial charge in [0.2, 0.25) is 0 Å². The third kappa shape index (κ3) is 5.94. The van der Waals surface area contributed by atoms with E-state index in [0.717, 1.165) is 12.1 Å². The summed E-state index contributed by atoms with van der Waals surface area (Å²) in [5.74, 6) is -3.96. The predicted molar refractivity (Wildman–Crippen MR) is 135 cm³/mol. The lowest BCUT2D eigenvalue weighted by molar-refractivity contribution is -0.119. The molecule has 3 aromatic rings. The van der Waals surface area contributed by atoms with Crippen molar-refractivity contribution in [3.63, 3.8) is 0 Å². The molecule has 1 unspecified atom stereocenters. The Morgan fingerprint density at radius 2 is 1.86 bits per heavy atom. The van der Waals surface area contributed by atoms with E-state index in [2.05, 4.69) is 5.32 Å². The van der Waals surface area contributed by atoms with Gasteiger partial charge in [-0.3, -0.25) is 4.79 Å². The van der Waals surface area contributed by atoms with Gasteiger partial charge in [-0.25, -0.2) is 13.2 Å². The van der Waals surface area contributed by atoms with Gasteiger partial charge in [0.15, 0.2) is 0 Å². The zero-order chi connectivity index (χ0) is 26.7. The summed E-state index contributed by atoms with van der Waals surface area (Å²) in [6.45, 7) is 0.717. The minimum Gasteiger partial charge on any atom is -0.497 e. The lowest BCUT2D eigenvalue weighted by Crippen LogP contribution is -2.37. The lowest BCUT2D eigenvalue weighted by atomic mass is 10.0.